The second-order valence-corrected chi connectivity index (χ2v) is 7.54. The molecule has 1 fully saturated rings. The minimum atomic E-state index is -0.477. The summed E-state index contributed by atoms with van der Waals surface area (Å²) in [5.41, 5.74) is 1.86. The highest BCUT2D eigenvalue weighted by atomic mass is 32.2. The molecule has 1 atom stereocenters. The number of carbonyl (C=O) groups excluding carboxylic acids is 3. The topological polar surface area (TPSA) is 84.9 Å². The molecule has 1 N–H and O–H groups in total. The van der Waals surface area contributed by atoms with Crippen LogP contribution in [0.2, 0.25) is 0 Å². The van der Waals surface area contributed by atoms with Gasteiger partial charge in [0.05, 0.1) is 6.54 Å². The Morgan fingerprint density at radius 3 is 2.45 bits per heavy atom. The molecule has 8 heteroatoms. The number of amides is 2. The molecule has 2 aromatic rings. The van der Waals surface area contributed by atoms with Gasteiger partial charge in [-0.05, 0) is 23.3 Å². The summed E-state index contributed by atoms with van der Waals surface area (Å²) in [5, 5.41) is 2.18. The van der Waals surface area contributed by atoms with Crippen molar-refractivity contribution < 1.29 is 23.9 Å². The first kappa shape index (κ1) is 20.7. The summed E-state index contributed by atoms with van der Waals surface area (Å²) in [7, 11) is 1.66. The van der Waals surface area contributed by atoms with Gasteiger partial charge in [-0.3, -0.25) is 9.59 Å². The molecule has 29 heavy (non-hydrogen) atoms. The van der Waals surface area contributed by atoms with Gasteiger partial charge in [-0.2, -0.15) is 0 Å². The highest BCUT2D eigenvalue weighted by molar-refractivity contribution is 8.26. The molecule has 1 aliphatic rings. The predicted molar refractivity (Wildman–Crippen MR) is 110 cm³/mol. The summed E-state index contributed by atoms with van der Waals surface area (Å²) in [4.78, 5) is 36.3. The van der Waals surface area contributed by atoms with Gasteiger partial charge in [-0.15, -0.1) is 0 Å². The summed E-state index contributed by atoms with van der Waals surface area (Å²) < 4.78 is 10.9. The van der Waals surface area contributed by atoms with Crippen molar-refractivity contribution >= 4 is 28.2 Å². The third kappa shape index (κ3) is 6.25. The van der Waals surface area contributed by atoms with E-state index in [1.807, 2.05) is 42.5 Å². The maximum absolute atomic E-state index is 12.0. The van der Waals surface area contributed by atoms with E-state index in [2.05, 4.69) is 5.32 Å². The van der Waals surface area contributed by atoms with Crippen LogP contribution in [0.3, 0.4) is 0 Å². The summed E-state index contributed by atoms with van der Waals surface area (Å²) in [6.07, 6.45) is 0.0438. The van der Waals surface area contributed by atoms with Gasteiger partial charge in [0.1, 0.15) is 25.0 Å². The molecule has 152 valence electrons. The van der Waals surface area contributed by atoms with Crippen LogP contribution in [0.25, 0.3) is 0 Å². The normalized spacial score (nSPS) is 15.7. The first-order valence-electron chi connectivity index (χ1n) is 9.17. The molecule has 1 aliphatic heterocycles. The Labute approximate surface area is 173 Å². The van der Waals surface area contributed by atoms with Crippen molar-refractivity contribution in [1.82, 2.24) is 10.2 Å². The van der Waals surface area contributed by atoms with Gasteiger partial charge < -0.3 is 19.7 Å². The van der Waals surface area contributed by atoms with Crippen LogP contribution in [0, 0.1) is 0 Å². The van der Waals surface area contributed by atoms with E-state index >= 15 is 0 Å². The molecule has 1 unspecified atom stereocenters. The quantitative estimate of drug-likeness (QED) is 0.714. The Kier molecular flexibility index (Phi) is 7.13. The zero-order valence-electron chi connectivity index (χ0n) is 16.0. The standard InChI is InChI=1S/C21H22N2O5S/c1-23(21(26)28-14-16-5-3-2-4-6-16)11-12-27-17-9-7-15(8-10-17)13-18-19(24)29-20(25)22-18/h2-10,18H,11-14H2,1H3,(H,22,25). The van der Waals surface area contributed by atoms with E-state index in [1.54, 1.807) is 19.2 Å². The fourth-order valence-electron chi connectivity index (χ4n) is 2.71. The van der Waals surface area contributed by atoms with Crippen LogP contribution in [0.4, 0.5) is 9.59 Å². The number of ether oxygens (including phenoxy) is 2. The molecule has 0 aromatic heterocycles. The average molecular weight is 414 g/mol. The summed E-state index contributed by atoms with van der Waals surface area (Å²) in [6.45, 7) is 0.939. The van der Waals surface area contributed by atoms with E-state index in [0.717, 1.165) is 11.1 Å². The summed E-state index contributed by atoms with van der Waals surface area (Å²) >= 11 is 0.713. The second kappa shape index (κ2) is 9.97. The fourth-order valence-corrected chi connectivity index (χ4v) is 3.37. The smallest absolute Gasteiger partial charge is 0.409 e. The largest absolute Gasteiger partial charge is 0.492 e. The third-order valence-electron chi connectivity index (χ3n) is 4.35. The highest BCUT2D eigenvalue weighted by Crippen LogP contribution is 2.20. The van der Waals surface area contributed by atoms with Crippen molar-refractivity contribution in [1.29, 1.82) is 0 Å². The van der Waals surface area contributed by atoms with Gasteiger partial charge in [-0.1, -0.05) is 42.5 Å². The highest BCUT2D eigenvalue weighted by Gasteiger charge is 2.31. The third-order valence-corrected chi connectivity index (χ3v) is 5.13. The number of hydrogen-bond donors (Lipinski definition) is 1. The Hall–Kier alpha value is -3.00. The Morgan fingerprint density at radius 2 is 1.79 bits per heavy atom. The van der Waals surface area contributed by atoms with Crippen LogP contribution in [0.5, 0.6) is 5.75 Å². The zero-order valence-corrected chi connectivity index (χ0v) is 16.8. The number of nitrogens with zero attached hydrogens (tertiary/aromatic N) is 1. The minimum absolute atomic E-state index is 0.155. The molecule has 3 rings (SSSR count). The molecular formula is C21H22N2O5S. The summed E-state index contributed by atoms with van der Waals surface area (Å²) in [6, 6.07) is 16.3. The lowest BCUT2D eigenvalue weighted by Crippen LogP contribution is -2.31. The molecule has 1 heterocycles. The molecule has 2 amide bonds. The average Bonchev–Trinajstić information content (AvgIpc) is 3.04. The van der Waals surface area contributed by atoms with Crippen LogP contribution in [-0.2, 0) is 22.6 Å². The second-order valence-electron chi connectivity index (χ2n) is 6.56. The van der Waals surface area contributed by atoms with Crippen molar-refractivity contribution in [3.05, 3.63) is 65.7 Å². The molecule has 0 bridgehead atoms. The Bertz CT molecular complexity index is 857. The monoisotopic (exact) mass is 414 g/mol. The van der Waals surface area contributed by atoms with E-state index < -0.39 is 12.1 Å². The van der Waals surface area contributed by atoms with E-state index in [0.29, 0.717) is 37.1 Å². The first-order chi connectivity index (χ1) is 14.0. The lowest BCUT2D eigenvalue weighted by molar-refractivity contribution is -0.112. The lowest BCUT2D eigenvalue weighted by Gasteiger charge is -2.17. The molecule has 0 saturated carbocycles. The molecular weight excluding hydrogens is 392 g/mol. The number of hydrogen-bond acceptors (Lipinski definition) is 6. The van der Waals surface area contributed by atoms with Crippen molar-refractivity contribution in [2.24, 2.45) is 0 Å². The number of nitrogens with one attached hydrogen (secondary N) is 1. The van der Waals surface area contributed by atoms with Crippen LogP contribution in [0.15, 0.2) is 54.6 Å². The van der Waals surface area contributed by atoms with Gasteiger partial charge in [0.25, 0.3) is 5.24 Å². The van der Waals surface area contributed by atoms with Gasteiger partial charge in [0.2, 0.25) is 5.12 Å². The minimum Gasteiger partial charge on any atom is -0.492 e. The molecule has 0 aliphatic carbocycles. The maximum atomic E-state index is 12.0. The zero-order chi connectivity index (χ0) is 20.6. The van der Waals surface area contributed by atoms with Crippen molar-refractivity contribution in [2.75, 3.05) is 20.2 Å². The maximum Gasteiger partial charge on any atom is 0.409 e. The molecule has 0 spiro atoms. The van der Waals surface area contributed by atoms with E-state index in [9.17, 15) is 14.4 Å². The van der Waals surface area contributed by atoms with Crippen LogP contribution < -0.4 is 10.1 Å². The first-order valence-corrected chi connectivity index (χ1v) is 9.98. The van der Waals surface area contributed by atoms with E-state index in [1.165, 1.54) is 4.90 Å². The van der Waals surface area contributed by atoms with Gasteiger partial charge in [0, 0.05) is 25.2 Å². The number of benzene rings is 2. The Balaban J connectivity index is 1.38. The number of likely N-dealkylation sites (N-methyl/N-ethyl adjacent to an activating group) is 1. The molecule has 7 nitrogen and oxygen atoms in total. The van der Waals surface area contributed by atoms with Crippen molar-refractivity contribution in [2.45, 2.75) is 19.1 Å². The number of thioether (sulfide) groups is 1. The van der Waals surface area contributed by atoms with Gasteiger partial charge >= 0.3 is 6.09 Å². The van der Waals surface area contributed by atoms with Crippen LogP contribution in [0.1, 0.15) is 11.1 Å². The van der Waals surface area contributed by atoms with Gasteiger partial charge in [-0.25, -0.2) is 4.79 Å². The van der Waals surface area contributed by atoms with Crippen LogP contribution >= 0.6 is 11.8 Å². The Morgan fingerprint density at radius 1 is 1.07 bits per heavy atom. The van der Waals surface area contributed by atoms with E-state index in [-0.39, 0.29) is 17.0 Å². The summed E-state index contributed by atoms with van der Waals surface area (Å²) in [5.74, 6) is 0.663. The van der Waals surface area contributed by atoms with Crippen LogP contribution in [-0.4, -0.2) is 47.6 Å². The van der Waals surface area contributed by atoms with Crippen molar-refractivity contribution in [3.63, 3.8) is 0 Å². The van der Waals surface area contributed by atoms with Gasteiger partial charge in [0.15, 0.2) is 0 Å². The molecule has 0 radical (unpaired) electrons. The van der Waals surface area contributed by atoms with E-state index in [4.69, 9.17) is 9.47 Å². The predicted octanol–water partition coefficient (Wildman–Crippen LogP) is 3.23. The number of rotatable bonds is 8. The molecule has 2 aromatic carbocycles. The SMILES string of the molecule is CN(CCOc1ccc(CC2NC(=O)SC2=O)cc1)C(=O)OCc1ccccc1. The fraction of sp³-hybridized carbons (Fsp3) is 0.286. The lowest BCUT2D eigenvalue weighted by atomic mass is 10.1. The molecule has 1 saturated heterocycles. The number of carbonyl (C=O) groups is 3. The van der Waals surface area contributed by atoms with Crippen molar-refractivity contribution in [3.8, 4) is 5.75 Å².